The van der Waals surface area contributed by atoms with Crippen LogP contribution in [0.25, 0.3) is 0 Å². The minimum Gasteiger partial charge on any atom is -0.360 e. The van der Waals surface area contributed by atoms with Crippen LogP contribution < -0.4 is 0 Å². The molecular weight excluding hydrogens is 274 g/mol. The summed E-state index contributed by atoms with van der Waals surface area (Å²) < 4.78 is 17.1. The Morgan fingerprint density at radius 3 is 2.75 bits per heavy atom. The van der Waals surface area contributed by atoms with Crippen LogP contribution in [-0.4, -0.2) is 21.4 Å². The third-order valence-electron chi connectivity index (χ3n) is 3.54. The third kappa shape index (κ3) is 2.22. The molecule has 1 aromatic heterocycles. The van der Waals surface area contributed by atoms with Gasteiger partial charge in [-0.1, -0.05) is 17.3 Å². The normalized spacial score (nSPS) is 16.1. The van der Waals surface area contributed by atoms with Crippen molar-refractivity contribution in [3.8, 4) is 0 Å². The Balaban J connectivity index is 2.09. The molecular formula is C15H15NO3S. The first-order chi connectivity index (χ1) is 9.59. The van der Waals surface area contributed by atoms with E-state index in [9.17, 15) is 9.00 Å². The van der Waals surface area contributed by atoms with E-state index in [4.69, 9.17) is 4.52 Å². The van der Waals surface area contributed by atoms with Gasteiger partial charge in [-0.25, -0.2) is 0 Å². The molecule has 1 unspecified atom stereocenters. The molecule has 4 nitrogen and oxygen atoms in total. The smallest absolute Gasteiger partial charge is 0.199 e. The molecule has 2 aromatic rings. The Kier molecular flexibility index (Phi) is 3.30. The minimum absolute atomic E-state index is 0.151. The number of ketones is 1. The highest BCUT2D eigenvalue weighted by molar-refractivity contribution is 7.84. The van der Waals surface area contributed by atoms with E-state index in [0.717, 1.165) is 18.4 Å². The van der Waals surface area contributed by atoms with Crippen LogP contribution in [0.5, 0.6) is 0 Å². The molecule has 1 fully saturated rings. The zero-order valence-corrected chi connectivity index (χ0v) is 12.2. The van der Waals surface area contributed by atoms with Crippen molar-refractivity contribution in [2.45, 2.75) is 30.6 Å². The first-order valence-corrected chi connectivity index (χ1v) is 8.07. The maximum Gasteiger partial charge on any atom is 0.199 e. The highest BCUT2D eigenvalue weighted by Gasteiger charge is 2.33. The zero-order chi connectivity index (χ0) is 14.3. The molecule has 104 valence electrons. The van der Waals surface area contributed by atoms with E-state index in [1.807, 2.05) is 19.1 Å². The van der Waals surface area contributed by atoms with Gasteiger partial charge in [-0.2, -0.15) is 0 Å². The fourth-order valence-corrected chi connectivity index (χ4v) is 3.41. The summed E-state index contributed by atoms with van der Waals surface area (Å²) in [4.78, 5) is 13.3. The van der Waals surface area contributed by atoms with Crippen molar-refractivity contribution in [2.24, 2.45) is 0 Å². The largest absolute Gasteiger partial charge is 0.360 e. The van der Waals surface area contributed by atoms with Crippen molar-refractivity contribution in [3.05, 3.63) is 46.8 Å². The minimum atomic E-state index is -1.21. The number of aromatic nitrogens is 1. The van der Waals surface area contributed by atoms with Gasteiger partial charge < -0.3 is 4.52 Å². The number of carbonyl (C=O) groups is 1. The Morgan fingerprint density at radius 2 is 2.10 bits per heavy atom. The second kappa shape index (κ2) is 4.98. The molecule has 0 bridgehead atoms. The summed E-state index contributed by atoms with van der Waals surface area (Å²) >= 11 is 0. The number of hydrogen-bond acceptors (Lipinski definition) is 4. The molecule has 0 N–H and O–H groups in total. The molecule has 20 heavy (non-hydrogen) atoms. The molecule has 0 spiro atoms. The second-order valence-electron chi connectivity index (χ2n) is 5.11. The lowest BCUT2D eigenvalue weighted by Gasteiger charge is -2.08. The molecule has 1 saturated carbocycles. The van der Waals surface area contributed by atoms with Gasteiger partial charge in [0.05, 0.1) is 27.5 Å². The van der Waals surface area contributed by atoms with E-state index >= 15 is 0 Å². The first kappa shape index (κ1) is 13.2. The van der Waals surface area contributed by atoms with Crippen molar-refractivity contribution in [1.29, 1.82) is 0 Å². The number of nitrogens with zero attached hydrogens (tertiary/aromatic N) is 1. The van der Waals surface area contributed by atoms with Crippen molar-refractivity contribution >= 4 is 16.6 Å². The molecule has 1 aliphatic carbocycles. The SMILES string of the molecule is Cc1cccc(C(=O)c2cnoc2C2CC2)c1S(C)=O. The summed E-state index contributed by atoms with van der Waals surface area (Å²) in [5.41, 5.74) is 1.85. The maximum atomic E-state index is 12.7. The van der Waals surface area contributed by atoms with Gasteiger partial charge in [0, 0.05) is 17.7 Å². The Labute approximate surface area is 119 Å². The van der Waals surface area contributed by atoms with Crippen LogP contribution in [-0.2, 0) is 10.8 Å². The molecule has 0 amide bonds. The van der Waals surface area contributed by atoms with Gasteiger partial charge in [-0.05, 0) is 31.4 Å². The van der Waals surface area contributed by atoms with Crippen molar-refractivity contribution in [3.63, 3.8) is 0 Å². The number of carbonyl (C=O) groups excluding carboxylic acids is 1. The summed E-state index contributed by atoms with van der Waals surface area (Å²) in [5, 5.41) is 3.76. The van der Waals surface area contributed by atoms with E-state index in [0.29, 0.717) is 27.7 Å². The molecule has 1 aromatic carbocycles. The average molecular weight is 289 g/mol. The summed E-state index contributed by atoms with van der Waals surface area (Å²) in [6.45, 7) is 1.86. The molecule has 5 heteroatoms. The summed E-state index contributed by atoms with van der Waals surface area (Å²) in [7, 11) is -1.21. The fourth-order valence-electron chi connectivity index (χ4n) is 2.42. The topological polar surface area (TPSA) is 60.2 Å². The average Bonchev–Trinajstić information content (AvgIpc) is 3.14. The van der Waals surface area contributed by atoms with Crippen LogP contribution in [0.1, 0.15) is 46.0 Å². The van der Waals surface area contributed by atoms with Crippen molar-refractivity contribution in [1.82, 2.24) is 5.16 Å². The van der Waals surface area contributed by atoms with E-state index in [-0.39, 0.29) is 5.78 Å². The van der Waals surface area contributed by atoms with Crippen LogP contribution in [0.2, 0.25) is 0 Å². The number of benzene rings is 1. The molecule has 0 radical (unpaired) electrons. The number of aryl methyl sites for hydroxylation is 1. The lowest BCUT2D eigenvalue weighted by Crippen LogP contribution is -2.08. The molecule has 1 heterocycles. The van der Waals surface area contributed by atoms with E-state index in [2.05, 4.69) is 5.16 Å². The number of rotatable bonds is 4. The van der Waals surface area contributed by atoms with Crippen LogP contribution in [0, 0.1) is 6.92 Å². The number of hydrogen-bond donors (Lipinski definition) is 0. The van der Waals surface area contributed by atoms with Gasteiger partial charge in [0.15, 0.2) is 11.5 Å². The summed E-state index contributed by atoms with van der Waals surface area (Å²) in [5.74, 6) is 0.836. The maximum absolute atomic E-state index is 12.7. The highest BCUT2D eigenvalue weighted by Crippen LogP contribution is 2.42. The van der Waals surface area contributed by atoms with Crippen LogP contribution >= 0.6 is 0 Å². The zero-order valence-electron chi connectivity index (χ0n) is 11.4. The lowest BCUT2D eigenvalue weighted by atomic mass is 10.0. The second-order valence-corrected chi connectivity index (χ2v) is 6.43. The van der Waals surface area contributed by atoms with Crippen molar-refractivity contribution < 1.29 is 13.5 Å². The first-order valence-electron chi connectivity index (χ1n) is 6.52. The van der Waals surface area contributed by atoms with Gasteiger partial charge >= 0.3 is 0 Å². The Bertz CT molecular complexity index is 701. The highest BCUT2D eigenvalue weighted by atomic mass is 32.2. The molecule has 0 saturated heterocycles. The van der Waals surface area contributed by atoms with E-state index < -0.39 is 10.8 Å². The Hall–Kier alpha value is -1.75. The van der Waals surface area contributed by atoms with E-state index in [1.54, 1.807) is 12.3 Å². The van der Waals surface area contributed by atoms with Crippen LogP contribution in [0.15, 0.2) is 33.8 Å². The molecule has 1 atom stereocenters. The van der Waals surface area contributed by atoms with Crippen LogP contribution in [0.4, 0.5) is 0 Å². The van der Waals surface area contributed by atoms with E-state index in [1.165, 1.54) is 6.20 Å². The predicted octanol–water partition coefficient (Wildman–Crippen LogP) is 2.83. The van der Waals surface area contributed by atoms with Crippen molar-refractivity contribution in [2.75, 3.05) is 6.26 Å². The fraction of sp³-hybridized carbons (Fsp3) is 0.333. The van der Waals surface area contributed by atoms with Gasteiger partial charge in [0.25, 0.3) is 0 Å². The Morgan fingerprint density at radius 1 is 1.35 bits per heavy atom. The van der Waals surface area contributed by atoms with Gasteiger partial charge in [0.1, 0.15) is 0 Å². The molecule has 1 aliphatic rings. The summed E-state index contributed by atoms with van der Waals surface area (Å²) in [6, 6.07) is 5.39. The van der Waals surface area contributed by atoms with Gasteiger partial charge in [0.2, 0.25) is 0 Å². The predicted molar refractivity (Wildman–Crippen MR) is 75.4 cm³/mol. The van der Waals surface area contributed by atoms with Gasteiger partial charge in [-0.15, -0.1) is 0 Å². The monoisotopic (exact) mass is 289 g/mol. The van der Waals surface area contributed by atoms with Gasteiger partial charge in [-0.3, -0.25) is 9.00 Å². The standard InChI is InChI=1S/C15H15NO3S/c1-9-4-3-5-11(15(9)20(2)18)13(17)12-8-16-19-14(12)10-6-7-10/h3-5,8,10H,6-7H2,1-2H3. The molecule has 0 aliphatic heterocycles. The molecule has 3 rings (SSSR count). The quantitative estimate of drug-likeness (QED) is 0.812. The lowest BCUT2D eigenvalue weighted by molar-refractivity contribution is 0.103. The third-order valence-corrected chi connectivity index (χ3v) is 4.65. The van der Waals surface area contributed by atoms with Crippen LogP contribution in [0.3, 0.4) is 0 Å². The summed E-state index contributed by atoms with van der Waals surface area (Å²) in [6.07, 6.45) is 5.14.